The monoisotopic (exact) mass is 296 g/mol. The quantitative estimate of drug-likeness (QED) is 0.512. The average molecular weight is 297 g/mol. The van der Waals surface area contributed by atoms with E-state index in [1.807, 2.05) is 17.8 Å². The Morgan fingerprint density at radius 3 is 2.85 bits per heavy atom. The number of aromatic nitrogens is 4. The molecule has 0 aliphatic carbocycles. The normalized spacial score (nSPS) is 10.6. The second kappa shape index (κ2) is 5.83. The van der Waals surface area contributed by atoms with E-state index in [1.54, 1.807) is 6.20 Å². The second-order valence-corrected chi connectivity index (χ2v) is 4.50. The number of nitro groups is 1. The van der Waals surface area contributed by atoms with Gasteiger partial charge in [0.05, 0.1) is 4.92 Å². The zero-order valence-corrected chi connectivity index (χ0v) is 11.8. The van der Waals surface area contributed by atoms with E-state index >= 15 is 0 Å². The van der Waals surface area contributed by atoms with Gasteiger partial charge in [0.2, 0.25) is 11.1 Å². The minimum atomic E-state index is -0.519. The Hall–Kier alpha value is -2.22. The lowest BCUT2D eigenvalue weighted by Gasteiger charge is -2.07. The van der Waals surface area contributed by atoms with Crippen molar-refractivity contribution in [2.24, 2.45) is 7.05 Å². The van der Waals surface area contributed by atoms with Crippen LogP contribution < -0.4 is 5.32 Å². The number of halogens is 1. The van der Waals surface area contributed by atoms with Crippen molar-refractivity contribution in [3.05, 3.63) is 39.3 Å². The van der Waals surface area contributed by atoms with Crippen LogP contribution in [0.5, 0.6) is 0 Å². The number of nitrogens with zero attached hydrogens (tertiary/aromatic N) is 5. The van der Waals surface area contributed by atoms with Crippen LogP contribution in [0.3, 0.4) is 0 Å². The van der Waals surface area contributed by atoms with Gasteiger partial charge in [-0.1, -0.05) is 0 Å². The molecule has 1 N–H and O–H groups in total. The molecule has 0 saturated carbocycles. The van der Waals surface area contributed by atoms with Gasteiger partial charge < -0.3 is 9.88 Å². The summed E-state index contributed by atoms with van der Waals surface area (Å²) < 4.78 is 1.88. The number of aryl methyl sites for hydroxylation is 2. The van der Waals surface area contributed by atoms with E-state index in [-0.39, 0.29) is 22.5 Å². The molecular weight excluding hydrogens is 284 g/mol. The summed E-state index contributed by atoms with van der Waals surface area (Å²) in [6.07, 6.45) is 4.15. The Morgan fingerprint density at radius 1 is 1.50 bits per heavy atom. The zero-order chi connectivity index (χ0) is 14.7. The van der Waals surface area contributed by atoms with Crippen molar-refractivity contribution in [2.75, 3.05) is 11.9 Å². The second-order valence-electron chi connectivity index (χ2n) is 4.16. The molecule has 0 unspecified atom stereocenters. The minimum absolute atomic E-state index is 0.0207. The number of imidazole rings is 1. The van der Waals surface area contributed by atoms with Gasteiger partial charge in [-0.15, -0.1) is 0 Å². The van der Waals surface area contributed by atoms with Crippen LogP contribution in [0.4, 0.5) is 11.5 Å². The lowest BCUT2D eigenvalue weighted by molar-refractivity contribution is -0.385. The van der Waals surface area contributed by atoms with Gasteiger partial charge in [0.25, 0.3) is 0 Å². The van der Waals surface area contributed by atoms with Crippen molar-refractivity contribution < 1.29 is 4.92 Å². The SMILES string of the molecule is Cc1nc(Cl)nc(NCCc2nccn2C)c1[N+](=O)[O-]. The molecule has 2 aromatic heterocycles. The Labute approximate surface area is 120 Å². The van der Waals surface area contributed by atoms with E-state index in [0.717, 1.165) is 5.82 Å². The first kappa shape index (κ1) is 14.2. The van der Waals surface area contributed by atoms with Gasteiger partial charge in [-0.25, -0.2) is 9.97 Å². The highest BCUT2D eigenvalue weighted by molar-refractivity contribution is 6.28. The molecule has 106 valence electrons. The highest BCUT2D eigenvalue weighted by atomic mass is 35.5. The number of rotatable bonds is 5. The van der Waals surface area contributed by atoms with Crippen molar-refractivity contribution in [3.8, 4) is 0 Å². The molecule has 0 saturated heterocycles. The average Bonchev–Trinajstić information content (AvgIpc) is 2.73. The van der Waals surface area contributed by atoms with Crippen molar-refractivity contribution in [1.29, 1.82) is 0 Å². The molecule has 0 atom stereocenters. The highest BCUT2D eigenvalue weighted by Gasteiger charge is 2.21. The fraction of sp³-hybridized carbons (Fsp3) is 0.364. The summed E-state index contributed by atoms with van der Waals surface area (Å²) in [5.74, 6) is 0.999. The Kier molecular flexibility index (Phi) is 4.14. The van der Waals surface area contributed by atoms with Crippen LogP contribution in [0, 0.1) is 17.0 Å². The molecule has 0 bridgehead atoms. The van der Waals surface area contributed by atoms with E-state index in [0.29, 0.717) is 13.0 Å². The van der Waals surface area contributed by atoms with E-state index in [1.165, 1.54) is 6.92 Å². The topological polar surface area (TPSA) is 98.8 Å². The maximum atomic E-state index is 11.0. The molecule has 0 radical (unpaired) electrons. The van der Waals surface area contributed by atoms with Gasteiger partial charge in [-0.2, -0.15) is 4.98 Å². The van der Waals surface area contributed by atoms with Crippen LogP contribution in [0.2, 0.25) is 5.28 Å². The summed E-state index contributed by atoms with van der Waals surface area (Å²) in [5, 5.41) is 13.9. The standard InChI is InChI=1S/C11H13ClN6O2/c1-7-9(18(19)20)10(16-11(12)15-7)14-4-3-8-13-5-6-17(8)2/h5-6H,3-4H2,1-2H3,(H,14,15,16). The van der Waals surface area contributed by atoms with E-state index in [9.17, 15) is 10.1 Å². The van der Waals surface area contributed by atoms with Crippen LogP contribution in [0.15, 0.2) is 12.4 Å². The third kappa shape index (κ3) is 3.02. The van der Waals surface area contributed by atoms with Crippen molar-refractivity contribution in [1.82, 2.24) is 19.5 Å². The summed E-state index contributed by atoms with van der Waals surface area (Å²) in [4.78, 5) is 22.3. The number of hydrogen-bond acceptors (Lipinski definition) is 6. The molecule has 8 nitrogen and oxygen atoms in total. The molecule has 0 aromatic carbocycles. The molecule has 20 heavy (non-hydrogen) atoms. The number of anilines is 1. The van der Waals surface area contributed by atoms with Gasteiger partial charge in [-0.3, -0.25) is 10.1 Å². The summed E-state index contributed by atoms with van der Waals surface area (Å²) in [5.41, 5.74) is 0.0729. The molecule has 0 aliphatic heterocycles. The van der Waals surface area contributed by atoms with Gasteiger partial charge in [0.1, 0.15) is 11.5 Å². The summed E-state index contributed by atoms with van der Waals surface area (Å²) in [6, 6.07) is 0. The number of hydrogen-bond donors (Lipinski definition) is 1. The molecule has 0 amide bonds. The van der Waals surface area contributed by atoms with E-state index in [4.69, 9.17) is 11.6 Å². The lowest BCUT2D eigenvalue weighted by atomic mass is 10.3. The van der Waals surface area contributed by atoms with Crippen molar-refractivity contribution >= 4 is 23.1 Å². The first-order valence-corrected chi connectivity index (χ1v) is 6.25. The smallest absolute Gasteiger partial charge is 0.332 e. The first-order valence-electron chi connectivity index (χ1n) is 5.87. The van der Waals surface area contributed by atoms with Gasteiger partial charge in [-0.05, 0) is 18.5 Å². The van der Waals surface area contributed by atoms with E-state index < -0.39 is 4.92 Å². The largest absolute Gasteiger partial charge is 0.364 e. The molecule has 2 aromatic rings. The fourth-order valence-corrected chi connectivity index (χ4v) is 2.02. The van der Waals surface area contributed by atoms with Crippen molar-refractivity contribution in [3.63, 3.8) is 0 Å². The van der Waals surface area contributed by atoms with Crippen LogP contribution in [0.1, 0.15) is 11.5 Å². The molecule has 9 heteroatoms. The Balaban J connectivity index is 2.13. The first-order chi connectivity index (χ1) is 9.49. The predicted molar refractivity (Wildman–Crippen MR) is 73.8 cm³/mol. The fourth-order valence-electron chi connectivity index (χ4n) is 1.80. The number of nitrogens with one attached hydrogen (secondary N) is 1. The predicted octanol–water partition coefficient (Wildman–Crippen LogP) is 1.73. The Bertz CT molecular complexity index is 642. The molecular formula is C11H13ClN6O2. The molecule has 0 spiro atoms. The third-order valence-corrected chi connectivity index (χ3v) is 2.94. The van der Waals surface area contributed by atoms with Gasteiger partial charge in [0.15, 0.2) is 0 Å². The van der Waals surface area contributed by atoms with Crippen LogP contribution in [-0.4, -0.2) is 31.0 Å². The molecule has 2 rings (SSSR count). The van der Waals surface area contributed by atoms with Crippen LogP contribution >= 0.6 is 11.6 Å². The summed E-state index contributed by atoms with van der Waals surface area (Å²) in [7, 11) is 1.89. The molecule has 0 fully saturated rings. The maximum absolute atomic E-state index is 11.0. The van der Waals surface area contributed by atoms with Crippen molar-refractivity contribution in [2.45, 2.75) is 13.3 Å². The van der Waals surface area contributed by atoms with Gasteiger partial charge >= 0.3 is 5.69 Å². The maximum Gasteiger partial charge on any atom is 0.332 e. The Morgan fingerprint density at radius 2 is 2.25 bits per heavy atom. The highest BCUT2D eigenvalue weighted by Crippen LogP contribution is 2.26. The molecule has 2 heterocycles. The summed E-state index contributed by atoms with van der Waals surface area (Å²) >= 11 is 5.73. The lowest BCUT2D eigenvalue weighted by Crippen LogP contribution is -2.12. The van der Waals surface area contributed by atoms with Gasteiger partial charge in [0, 0.05) is 32.4 Å². The van der Waals surface area contributed by atoms with Crippen LogP contribution in [-0.2, 0) is 13.5 Å². The zero-order valence-electron chi connectivity index (χ0n) is 11.0. The van der Waals surface area contributed by atoms with Crippen LogP contribution in [0.25, 0.3) is 0 Å². The summed E-state index contributed by atoms with van der Waals surface area (Å²) in [6.45, 7) is 1.98. The molecule has 0 aliphatic rings. The third-order valence-electron chi connectivity index (χ3n) is 2.78. The van der Waals surface area contributed by atoms with E-state index in [2.05, 4.69) is 20.3 Å². The minimum Gasteiger partial charge on any atom is -0.364 e.